The van der Waals surface area contributed by atoms with Gasteiger partial charge in [-0.05, 0) is 69.7 Å². The van der Waals surface area contributed by atoms with E-state index >= 15 is 0 Å². The molecule has 0 unspecified atom stereocenters. The Morgan fingerprint density at radius 3 is 2.02 bits per heavy atom. The molecular weight excluding hydrogens is 655 g/mol. The number of aromatic nitrogens is 4. The largest absolute Gasteiger partial charge is 0.462 e. The maximum atomic E-state index is 13.9. The lowest BCUT2D eigenvalue weighted by Gasteiger charge is -2.23. The Morgan fingerprint density at radius 2 is 1.39 bits per heavy atom. The molecular formula is C36H34F3N5O4S. The number of carbonyl (C=O) groups excluding carboxylic acids is 2. The van der Waals surface area contributed by atoms with Crippen LogP contribution in [0.15, 0.2) is 72.9 Å². The first kappa shape index (κ1) is 35.3. The first-order valence-electron chi connectivity index (χ1n) is 15.5. The van der Waals surface area contributed by atoms with E-state index in [0.29, 0.717) is 39.4 Å². The molecule has 0 aliphatic rings. The molecule has 9 nitrogen and oxygen atoms in total. The van der Waals surface area contributed by atoms with E-state index in [1.807, 2.05) is 49.4 Å². The lowest BCUT2D eigenvalue weighted by molar-refractivity contribution is -0.141. The van der Waals surface area contributed by atoms with Gasteiger partial charge in [-0.3, -0.25) is 9.88 Å². The Kier molecular flexibility index (Phi) is 11.1. The summed E-state index contributed by atoms with van der Waals surface area (Å²) in [6.45, 7) is 7.40. The zero-order valence-electron chi connectivity index (χ0n) is 27.4. The fraction of sp³-hybridized carbons (Fsp3) is 0.278. The zero-order chi connectivity index (χ0) is 35.1. The molecule has 0 saturated heterocycles. The van der Waals surface area contributed by atoms with Crippen molar-refractivity contribution in [3.63, 3.8) is 0 Å². The number of aryl methyl sites for hydroxylation is 2. The van der Waals surface area contributed by atoms with Gasteiger partial charge in [-0.1, -0.05) is 35.9 Å². The van der Waals surface area contributed by atoms with Gasteiger partial charge in [-0.2, -0.15) is 13.2 Å². The summed E-state index contributed by atoms with van der Waals surface area (Å²) in [5, 5.41) is 0.710. The molecule has 4 aromatic heterocycles. The number of benzene rings is 1. The van der Waals surface area contributed by atoms with E-state index in [0.717, 1.165) is 16.0 Å². The maximum Gasteiger partial charge on any atom is 0.433 e. The monoisotopic (exact) mass is 689 g/mol. The Hall–Kier alpha value is -5.01. The smallest absolute Gasteiger partial charge is 0.433 e. The van der Waals surface area contributed by atoms with E-state index in [-0.39, 0.29) is 44.1 Å². The molecule has 1 aromatic carbocycles. The molecule has 0 radical (unpaired) electrons. The maximum absolute atomic E-state index is 13.9. The van der Waals surface area contributed by atoms with Gasteiger partial charge in [0.15, 0.2) is 0 Å². The van der Waals surface area contributed by atoms with E-state index in [2.05, 4.69) is 15.0 Å². The van der Waals surface area contributed by atoms with Crippen LogP contribution in [0.4, 0.5) is 13.2 Å². The van der Waals surface area contributed by atoms with Gasteiger partial charge in [0.2, 0.25) is 0 Å². The molecule has 0 N–H and O–H groups in total. The van der Waals surface area contributed by atoms with Crippen LogP contribution >= 0.6 is 11.3 Å². The average Bonchev–Trinajstić information content (AvgIpc) is 3.55. The van der Waals surface area contributed by atoms with Crippen molar-refractivity contribution in [3.8, 4) is 21.1 Å². The first-order valence-corrected chi connectivity index (χ1v) is 16.3. The van der Waals surface area contributed by atoms with Crippen molar-refractivity contribution in [2.75, 3.05) is 13.2 Å². The summed E-state index contributed by atoms with van der Waals surface area (Å²) < 4.78 is 51.8. The minimum Gasteiger partial charge on any atom is -0.462 e. The average molecular weight is 690 g/mol. The third kappa shape index (κ3) is 9.33. The molecule has 0 saturated carbocycles. The fourth-order valence-electron chi connectivity index (χ4n) is 5.08. The second kappa shape index (κ2) is 15.5. The van der Waals surface area contributed by atoms with Crippen LogP contribution in [0.5, 0.6) is 0 Å². The van der Waals surface area contributed by atoms with Gasteiger partial charge >= 0.3 is 18.1 Å². The lowest BCUT2D eigenvalue weighted by atomic mass is 10.1. The Bertz CT molecular complexity index is 1950. The SMILES string of the molecule is CCOC(=O)c1cc(C)nc(CN(Cc2cccc(-c3ncc(-c4ccc(C)cc4)s3)n2)Cc2cc(C(=O)OCC)cc(C(F)(F)F)n2)c1. The van der Waals surface area contributed by atoms with Crippen molar-refractivity contribution in [2.45, 2.75) is 53.5 Å². The molecule has 0 spiro atoms. The van der Waals surface area contributed by atoms with Crippen molar-refractivity contribution >= 4 is 23.3 Å². The van der Waals surface area contributed by atoms with E-state index in [1.54, 1.807) is 44.0 Å². The number of alkyl halides is 3. The van der Waals surface area contributed by atoms with Crippen molar-refractivity contribution < 1.29 is 32.2 Å². The van der Waals surface area contributed by atoms with Gasteiger partial charge < -0.3 is 9.47 Å². The predicted octanol–water partition coefficient (Wildman–Crippen LogP) is 7.85. The van der Waals surface area contributed by atoms with Gasteiger partial charge in [0, 0.05) is 31.5 Å². The number of rotatable bonds is 12. The molecule has 4 heterocycles. The van der Waals surface area contributed by atoms with Crippen LogP contribution in [0.1, 0.15) is 68.6 Å². The highest BCUT2D eigenvalue weighted by atomic mass is 32.1. The number of thiazole rings is 1. The van der Waals surface area contributed by atoms with Crippen LogP contribution in [-0.2, 0) is 35.3 Å². The van der Waals surface area contributed by atoms with Crippen molar-refractivity contribution in [1.82, 2.24) is 24.8 Å². The second-order valence-corrected chi connectivity index (χ2v) is 12.2. The van der Waals surface area contributed by atoms with E-state index in [1.165, 1.54) is 17.4 Å². The molecule has 49 heavy (non-hydrogen) atoms. The van der Waals surface area contributed by atoms with Gasteiger partial charge in [0.05, 0.1) is 52.0 Å². The Balaban J connectivity index is 1.49. The van der Waals surface area contributed by atoms with Gasteiger partial charge in [0.25, 0.3) is 0 Å². The van der Waals surface area contributed by atoms with Crippen molar-refractivity contribution in [3.05, 3.63) is 118 Å². The van der Waals surface area contributed by atoms with Gasteiger partial charge in [-0.15, -0.1) is 11.3 Å². The third-order valence-corrected chi connectivity index (χ3v) is 8.29. The normalized spacial score (nSPS) is 11.5. The van der Waals surface area contributed by atoms with E-state index in [4.69, 9.17) is 14.5 Å². The number of hydrogen-bond donors (Lipinski definition) is 0. The molecule has 0 fully saturated rings. The summed E-state index contributed by atoms with van der Waals surface area (Å²) in [6.07, 6.45) is -2.99. The number of carbonyl (C=O) groups is 2. The number of nitrogens with zero attached hydrogens (tertiary/aromatic N) is 5. The lowest BCUT2D eigenvalue weighted by Crippen LogP contribution is -2.25. The van der Waals surface area contributed by atoms with Crippen molar-refractivity contribution in [2.24, 2.45) is 0 Å². The molecule has 0 aliphatic heterocycles. The standard InChI is InChI=1S/C36H34F3N5O4S/c1-5-47-34(45)25-14-23(4)41-28(15-25)20-44(21-29-16-26(35(46)48-6-2)17-32(43-29)36(37,38)39)19-27-8-7-9-30(42-27)33-40-18-31(49-33)24-12-10-22(3)11-13-24/h7-18H,5-6,19-21H2,1-4H3. The number of halogens is 3. The Morgan fingerprint density at radius 1 is 0.776 bits per heavy atom. The van der Waals surface area contributed by atoms with E-state index in [9.17, 15) is 22.8 Å². The molecule has 5 aromatic rings. The molecule has 13 heteroatoms. The minimum absolute atomic E-state index is 0.000583. The molecule has 254 valence electrons. The molecule has 0 amide bonds. The van der Waals surface area contributed by atoms with Crippen LogP contribution in [0.2, 0.25) is 0 Å². The van der Waals surface area contributed by atoms with Crippen molar-refractivity contribution in [1.29, 1.82) is 0 Å². The zero-order valence-corrected chi connectivity index (χ0v) is 28.2. The molecule has 0 aliphatic carbocycles. The highest BCUT2D eigenvalue weighted by molar-refractivity contribution is 7.18. The summed E-state index contributed by atoms with van der Waals surface area (Å²) >= 11 is 1.50. The van der Waals surface area contributed by atoms with Crippen LogP contribution in [0.3, 0.4) is 0 Å². The molecule has 0 atom stereocenters. The summed E-state index contributed by atoms with van der Waals surface area (Å²) in [5.74, 6) is -1.40. The highest BCUT2D eigenvalue weighted by Gasteiger charge is 2.34. The number of ether oxygens (including phenoxy) is 2. The number of esters is 2. The van der Waals surface area contributed by atoms with Crippen LogP contribution in [0.25, 0.3) is 21.1 Å². The topological polar surface area (TPSA) is 107 Å². The van der Waals surface area contributed by atoms with E-state index < -0.39 is 23.8 Å². The summed E-state index contributed by atoms with van der Waals surface area (Å²) in [7, 11) is 0. The highest BCUT2D eigenvalue weighted by Crippen LogP contribution is 2.32. The fourth-order valence-corrected chi connectivity index (χ4v) is 5.97. The predicted molar refractivity (Wildman–Crippen MR) is 179 cm³/mol. The van der Waals surface area contributed by atoms with Gasteiger partial charge in [0.1, 0.15) is 10.7 Å². The first-order chi connectivity index (χ1) is 23.4. The molecule has 5 rings (SSSR count). The number of hydrogen-bond acceptors (Lipinski definition) is 10. The minimum atomic E-state index is -4.80. The van der Waals surface area contributed by atoms with Crippen LogP contribution in [-0.4, -0.2) is 50.0 Å². The molecule has 0 bridgehead atoms. The quantitative estimate of drug-likeness (QED) is 0.121. The van der Waals surface area contributed by atoms with Crippen LogP contribution in [0, 0.1) is 13.8 Å². The second-order valence-electron chi connectivity index (χ2n) is 11.2. The third-order valence-electron chi connectivity index (χ3n) is 7.22. The van der Waals surface area contributed by atoms with Gasteiger partial charge in [-0.25, -0.2) is 24.5 Å². The Labute approximate surface area is 285 Å². The summed E-state index contributed by atoms with van der Waals surface area (Å²) in [4.78, 5) is 45.7. The van der Waals surface area contributed by atoms with Crippen LogP contribution < -0.4 is 0 Å². The summed E-state index contributed by atoms with van der Waals surface area (Å²) in [6, 6.07) is 18.8. The summed E-state index contributed by atoms with van der Waals surface area (Å²) in [5.41, 5.74) is 3.33. The number of pyridine rings is 3.